The largest absolute Gasteiger partial charge is 0.478 e. The fourth-order valence-corrected chi connectivity index (χ4v) is 5.70. The summed E-state index contributed by atoms with van der Waals surface area (Å²) in [5, 5.41) is 17.1. The number of hydrogen-bond acceptors (Lipinski definition) is 7. The number of carboxylic acids is 1. The van der Waals surface area contributed by atoms with Crippen LogP contribution in [0.4, 0.5) is 0 Å². The standard InChI is InChI=1S/C25H26ClN5O4S/c1-14(2)31(17-7-9-27-10-8-17)24(32)23-28-18-4-3-15(25(33)34)11-19(18)30(23)13-16-12-20(35-29-16)21-5-6-22(26)36-21/h3-6,11-12,14,17,27H,7-10,13H2,1-2H3,(H,33,34). The molecule has 0 unspecified atom stereocenters. The quantitative estimate of drug-likeness (QED) is 0.356. The van der Waals surface area contributed by atoms with E-state index in [-0.39, 0.29) is 35.9 Å². The van der Waals surface area contributed by atoms with E-state index >= 15 is 0 Å². The first-order valence-electron chi connectivity index (χ1n) is 11.8. The molecule has 188 valence electrons. The molecule has 0 saturated carbocycles. The minimum Gasteiger partial charge on any atom is -0.478 e. The number of carbonyl (C=O) groups is 2. The van der Waals surface area contributed by atoms with E-state index in [0.717, 1.165) is 30.8 Å². The number of piperidine rings is 1. The Kier molecular flexibility index (Phi) is 6.83. The maximum absolute atomic E-state index is 14.0. The molecule has 0 spiro atoms. The molecule has 1 amide bonds. The van der Waals surface area contributed by atoms with Crippen LogP contribution < -0.4 is 5.32 Å². The Bertz CT molecular complexity index is 1420. The van der Waals surface area contributed by atoms with Gasteiger partial charge in [0.25, 0.3) is 5.91 Å². The maximum atomic E-state index is 14.0. The monoisotopic (exact) mass is 527 g/mol. The number of fused-ring (bicyclic) bond motifs is 1. The van der Waals surface area contributed by atoms with E-state index in [9.17, 15) is 14.7 Å². The molecule has 0 atom stereocenters. The van der Waals surface area contributed by atoms with Gasteiger partial charge in [0.15, 0.2) is 5.76 Å². The number of carboxylic acid groups (broad SMARTS) is 1. The van der Waals surface area contributed by atoms with Gasteiger partial charge in [-0.3, -0.25) is 4.79 Å². The molecule has 0 bridgehead atoms. The predicted molar refractivity (Wildman–Crippen MR) is 138 cm³/mol. The van der Waals surface area contributed by atoms with Crippen molar-refractivity contribution in [3.8, 4) is 10.6 Å². The summed E-state index contributed by atoms with van der Waals surface area (Å²) in [6.45, 7) is 5.92. The highest BCUT2D eigenvalue weighted by Gasteiger charge is 2.32. The third kappa shape index (κ3) is 4.76. The fraction of sp³-hybridized carbons (Fsp3) is 0.360. The van der Waals surface area contributed by atoms with Crippen LogP contribution in [-0.2, 0) is 6.54 Å². The molecule has 2 N–H and O–H groups in total. The van der Waals surface area contributed by atoms with Crippen molar-refractivity contribution in [2.24, 2.45) is 0 Å². The molecule has 11 heteroatoms. The summed E-state index contributed by atoms with van der Waals surface area (Å²) in [5.74, 6) is -0.402. The Labute approximate surface area is 216 Å². The number of aromatic nitrogens is 3. The van der Waals surface area contributed by atoms with Gasteiger partial charge in [0.1, 0.15) is 5.69 Å². The van der Waals surface area contributed by atoms with E-state index < -0.39 is 5.97 Å². The number of carbonyl (C=O) groups excluding carboxylic acids is 1. The summed E-state index contributed by atoms with van der Waals surface area (Å²) < 4.78 is 7.92. The van der Waals surface area contributed by atoms with Crippen molar-refractivity contribution in [2.45, 2.75) is 45.3 Å². The Hall–Kier alpha value is -3.21. The summed E-state index contributed by atoms with van der Waals surface area (Å²) in [5.41, 5.74) is 1.81. The number of hydrogen-bond donors (Lipinski definition) is 2. The molecule has 1 fully saturated rings. The number of thiophene rings is 1. The van der Waals surface area contributed by atoms with Crippen LogP contribution >= 0.6 is 22.9 Å². The second-order valence-electron chi connectivity index (χ2n) is 9.10. The van der Waals surface area contributed by atoms with E-state index in [1.54, 1.807) is 28.8 Å². The molecule has 4 heterocycles. The van der Waals surface area contributed by atoms with E-state index in [0.29, 0.717) is 26.8 Å². The Morgan fingerprint density at radius 2 is 2.03 bits per heavy atom. The molecule has 3 aromatic heterocycles. The van der Waals surface area contributed by atoms with Crippen molar-refractivity contribution in [2.75, 3.05) is 13.1 Å². The molecule has 1 saturated heterocycles. The van der Waals surface area contributed by atoms with Gasteiger partial charge in [-0.15, -0.1) is 11.3 Å². The summed E-state index contributed by atoms with van der Waals surface area (Å²) in [6, 6.07) is 10.2. The second kappa shape index (κ2) is 10.0. The van der Waals surface area contributed by atoms with Gasteiger partial charge in [0, 0.05) is 18.2 Å². The molecule has 9 nitrogen and oxygen atoms in total. The van der Waals surface area contributed by atoms with Gasteiger partial charge in [0.2, 0.25) is 5.82 Å². The number of nitrogens with zero attached hydrogens (tertiary/aromatic N) is 4. The van der Waals surface area contributed by atoms with Gasteiger partial charge >= 0.3 is 5.97 Å². The van der Waals surface area contributed by atoms with E-state index in [1.165, 1.54) is 17.4 Å². The van der Waals surface area contributed by atoms with E-state index in [4.69, 9.17) is 16.1 Å². The van der Waals surface area contributed by atoms with Crippen LogP contribution in [0.5, 0.6) is 0 Å². The van der Waals surface area contributed by atoms with Crippen LogP contribution in [0.3, 0.4) is 0 Å². The average Bonchev–Trinajstić information content (AvgIpc) is 3.58. The van der Waals surface area contributed by atoms with Crippen molar-refractivity contribution in [3.63, 3.8) is 0 Å². The van der Waals surface area contributed by atoms with Gasteiger partial charge in [-0.05, 0) is 70.1 Å². The fourth-order valence-electron chi connectivity index (χ4n) is 4.71. The molecule has 5 rings (SSSR count). The summed E-state index contributed by atoms with van der Waals surface area (Å²) in [6.07, 6.45) is 1.73. The van der Waals surface area contributed by atoms with Crippen molar-refractivity contribution in [3.05, 3.63) is 57.8 Å². The first-order valence-corrected chi connectivity index (χ1v) is 13.0. The zero-order chi connectivity index (χ0) is 25.4. The number of amides is 1. The molecule has 0 aliphatic carbocycles. The van der Waals surface area contributed by atoms with Crippen molar-refractivity contribution in [1.29, 1.82) is 0 Å². The van der Waals surface area contributed by atoms with Gasteiger partial charge in [0.05, 0.1) is 32.4 Å². The minimum atomic E-state index is -1.05. The minimum absolute atomic E-state index is 0.0225. The number of aromatic carboxylic acids is 1. The number of nitrogens with one attached hydrogen (secondary N) is 1. The van der Waals surface area contributed by atoms with Crippen LogP contribution in [-0.4, -0.2) is 61.8 Å². The highest BCUT2D eigenvalue weighted by atomic mass is 35.5. The zero-order valence-corrected chi connectivity index (χ0v) is 21.5. The first-order chi connectivity index (χ1) is 17.3. The molecule has 0 radical (unpaired) electrons. The second-order valence-corrected chi connectivity index (χ2v) is 10.8. The zero-order valence-electron chi connectivity index (χ0n) is 19.9. The third-order valence-corrected chi connectivity index (χ3v) is 7.62. The van der Waals surface area contributed by atoms with Crippen LogP contribution in [0.1, 0.15) is 53.4 Å². The normalized spacial score (nSPS) is 14.6. The lowest BCUT2D eigenvalue weighted by atomic mass is 10.0. The maximum Gasteiger partial charge on any atom is 0.335 e. The number of imidazole rings is 1. The van der Waals surface area contributed by atoms with Crippen LogP contribution in [0.25, 0.3) is 21.7 Å². The summed E-state index contributed by atoms with van der Waals surface area (Å²) in [7, 11) is 0. The molecule has 4 aromatic rings. The van der Waals surface area contributed by atoms with Gasteiger partial charge in [-0.2, -0.15) is 0 Å². The molecule has 1 aliphatic rings. The Balaban J connectivity index is 1.57. The SMILES string of the molecule is CC(C)N(C(=O)c1nc2ccc(C(=O)O)cc2n1Cc1cc(-c2ccc(Cl)s2)on1)C1CCNCC1. The molecule has 36 heavy (non-hydrogen) atoms. The van der Waals surface area contributed by atoms with Crippen molar-refractivity contribution >= 4 is 45.8 Å². The highest BCUT2D eigenvalue weighted by molar-refractivity contribution is 7.19. The highest BCUT2D eigenvalue weighted by Crippen LogP contribution is 2.32. The predicted octanol–water partition coefficient (Wildman–Crippen LogP) is 4.76. The lowest BCUT2D eigenvalue weighted by Gasteiger charge is -2.37. The van der Waals surface area contributed by atoms with Crippen LogP contribution in [0.15, 0.2) is 40.9 Å². The smallest absolute Gasteiger partial charge is 0.335 e. The van der Waals surface area contributed by atoms with E-state index in [2.05, 4.69) is 15.5 Å². The van der Waals surface area contributed by atoms with Crippen molar-refractivity contribution in [1.82, 2.24) is 24.9 Å². The summed E-state index contributed by atoms with van der Waals surface area (Å²) in [4.78, 5) is 33.0. The molecule has 1 aliphatic heterocycles. The Morgan fingerprint density at radius 3 is 2.69 bits per heavy atom. The lowest BCUT2D eigenvalue weighted by molar-refractivity contribution is 0.0548. The number of halogens is 1. The number of rotatable bonds is 7. The van der Waals surface area contributed by atoms with Gasteiger partial charge in [-0.25, -0.2) is 9.78 Å². The molecular weight excluding hydrogens is 502 g/mol. The lowest BCUT2D eigenvalue weighted by Crippen LogP contribution is -2.50. The Morgan fingerprint density at radius 1 is 1.25 bits per heavy atom. The van der Waals surface area contributed by atoms with Gasteiger partial charge in [-0.1, -0.05) is 16.8 Å². The first kappa shape index (κ1) is 24.5. The third-order valence-electron chi connectivity index (χ3n) is 6.37. The molecular formula is C25H26ClN5O4S. The topological polar surface area (TPSA) is 113 Å². The van der Waals surface area contributed by atoms with Crippen LogP contribution in [0, 0.1) is 0 Å². The van der Waals surface area contributed by atoms with Gasteiger partial charge < -0.3 is 24.4 Å². The summed E-state index contributed by atoms with van der Waals surface area (Å²) >= 11 is 7.44. The molecule has 1 aromatic carbocycles. The average molecular weight is 528 g/mol. The van der Waals surface area contributed by atoms with Crippen molar-refractivity contribution < 1.29 is 19.2 Å². The number of benzene rings is 1. The van der Waals surface area contributed by atoms with E-state index in [1.807, 2.05) is 24.8 Å². The van der Waals surface area contributed by atoms with Crippen LogP contribution in [0.2, 0.25) is 4.34 Å².